The molecule has 0 saturated carbocycles. The van der Waals surface area contributed by atoms with Gasteiger partial charge in [-0.15, -0.1) is 0 Å². The summed E-state index contributed by atoms with van der Waals surface area (Å²) in [5.41, 5.74) is 1.06. The van der Waals surface area contributed by atoms with Crippen LogP contribution in [0.2, 0.25) is 0 Å². The fourth-order valence-corrected chi connectivity index (χ4v) is 1.92. The van der Waals surface area contributed by atoms with Crippen LogP contribution in [0.25, 0.3) is 0 Å². The second kappa shape index (κ2) is 6.72. The summed E-state index contributed by atoms with van der Waals surface area (Å²) in [5, 5.41) is 0. The minimum atomic E-state index is -4.73. The third-order valence-electron chi connectivity index (χ3n) is 3.49. The van der Waals surface area contributed by atoms with Crippen LogP contribution in [0, 0.1) is 5.82 Å². The second-order valence-corrected chi connectivity index (χ2v) is 5.46. The van der Waals surface area contributed by atoms with E-state index in [1.165, 1.54) is 6.07 Å². The Bertz CT molecular complexity index is 475. The van der Waals surface area contributed by atoms with E-state index in [4.69, 9.17) is 10.6 Å². The largest absolute Gasteiger partial charge is 0.419 e. The van der Waals surface area contributed by atoms with Crippen molar-refractivity contribution in [2.24, 2.45) is 5.84 Å². The van der Waals surface area contributed by atoms with Crippen LogP contribution < -0.4 is 11.3 Å². The molecule has 1 rings (SSSR count). The Morgan fingerprint density at radius 3 is 2.38 bits per heavy atom. The predicted molar refractivity (Wildman–Crippen MR) is 71.8 cm³/mol. The van der Waals surface area contributed by atoms with Gasteiger partial charge in [-0.3, -0.25) is 11.3 Å². The summed E-state index contributed by atoms with van der Waals surface area (Å²) >= 11 is 0. The number of hydrogen-bond acceptors (Lipinski definition) is 3. The lowest BCUT2D eigenvalue weighted by Gasteiger charge is -2.26. The minimum Gasteiger partial charge on any atom is -0.379 e. The highest BCUT2D eigenvalue weighted by Gasteiger charge is 2.34. The molecule has 0 bridgehead atoms. The Hall–Kier alpha value is -1.18. The molecule has 0 spiro atoms. The molecular formula is C14H20F4N2O. The van der Waals surface area contributed by atoms with Crippen molar-refractivity contribution in [3.05, 3.63) is 35.1 Å². The molecule has 3 nitrogen and oxygen atoms in total. The number of ether oxygens (including phenoxy) is 1. The molecule has 0 amide bonds. The number of nitrogens with one attached hydrogen (secondary N) is 1. The molecule has 0 aliphatic rings. The summed E-state index contributed by atoms with van der Waals surface area (Å²) in [7, 11) is 1.56. The smallest absolute Gasteiger partial charge is 0.379 e. The fraction of sp³-hybridized carbons (Fsp3) is 0.571. The first-order valence-electron chi connectivity index (χ1n) is 6.48. The number of benzene rings is 1. The lowest BCUT2D eigenvalue weighted by molar-refractivity contribution is -0.140. The van der Waals surface area contributed by atoms with E-state index >= 15 is 0 Å². The average molecular weight is 308 g/mol. The molecule has 0 aliphatic heterocycles. The summed E-state index contributed by atoms with van der Waals surface area (Å²) in [6.45, 7) is 3.73. The monoisotopic (exact) mass is 308 g/mol. The first-order chi connectivity index (χ1) is 9.60. The summed E-state index contributed by atoms with van der Waals surface area (Å²) in [6.07, 6.45) is -3.69. The van der Waals surface area contributed by atoms with Gasteiger partial charge in [-0.25, -0.2) is 4.39 Å². The third-order valence-corrected chi connectivity index (χ3v) is 3.49. The van der Waals surface area contributed by atoms with Crippen molar-refractivity contribution in [3.8, 4) is 0 Å². The second-order valence-electron chi connectivity index (χ2n) is 5.46. The molecule has 1 atom stereocenters. The van der Waals surface area contributed by atoms with Gasteiger partial charge in [-0.05, 0) is 44.4 Å². The molecule has 0 aromatic heterocycles. The highest BCUT2D eigenvalue weighted by atomic mass is 19.4. The molecule has 1 unspecified atom stereocenters. The number of hydrogen-bond donors (Lipinski definition) is 2. The van der Waals surface area contributed by atoms with Gasteiger partial charge in [-0.1, -0.05) is 6.07 Å². The van der Waals surface area contributed by atoms with Crippen LogP contribution in [0.1, 0.15) is 43.9 Å². The van der Waals surface area contributed by atoms with Crippen LogP contribution in [0.4, 0.5) is 17.6 Å². The number of methoxy groups -OCH3 is 1. The van der Waals surface area contributed by atoms with Crippen LogP contribution in [-0.2, 0) is 10.9 Å². The van der Waals surface area contributed by atoms with Crippen molar-refractivity contribution in [1.29, 1.82) is 0 Å². The third kappa shape index (κ3) is 4.94. The SMILES string of the molecule is COC(C)(C)CCC(NN)c1ccc(F)c(C(F)(F)F)c1. The highest BCUT2D eigenvalue weighted by molar-refractivity contribution is 5.29. The number of nitrogens with two attached hydrogens (primary N) is 1. The van der Waals surface area contributed by atoms with E-state index in [2.05, 4.69) is 5.43 Å². The Labute approximate surface area is 121 Å². The summed E-state index contributed by atoms with van der Waals surface area (Å²) < 4.78 is 56.7. The topological polar surface area (TPSA) is 47.3 Å². The molecule has 1 aromatic carbocycles. The van der Waals surface area contributed by atoms with Crippen molar-refractivity contribution >= 4 is 0 Å². The number of hydrazine groups is 1. The van der Waals surface area contributed by atoms with Crippen molar-refractivity contribution in [2.75, 3.05) is 7.11 Å². The summed E-state index contributed by atoms with van der Waals surface area (Å²) in [4.78, 5) is 0. The molecule has 0 fully saturated rings. The zero-order chi connectivity index (χ0) is 16.3. The molecular weight excluding hydrogens is 288 g/mol. The maximum Gasteiger partial charge on any atom is 0.419 e. The number of halogens is 4. The van der Waals surface area contributed by atoms with Crippen molar-refractivity contribution in [1.82, 2.24) is 5.43 Å². The molecule has 0 aliphatic carbocycles. The van der Waals surface area contributed by atoms with Gasteiger partial charge >= 0.3 is 6.18 Å². The van der Waals surface area contributed by atoms with E-state index in [9.17, 15) is 17.6 Å². The molecule has 3 N–H and O–H groups in total. The molecule has 0 radical (unpaired) electrons. The maximum atomic E-state index is 13.3. The Balaban J connectivity index is 2.97. The predicted octanol–water partition coefficient (Wildman–Crippen LogP) is 3.55. The molecule has 21 heavy (non-hydrogen) atoms. The fourth-order valence-electron chi connectivity index (χ4n) is 1.92. The average Bonchev–Trinajstić information content (AvgIpc) is 2.39. The van der Waals surface area contributed by atoms with Gasteiger partial charge < -0.3 is 4.74 Å². The number of alkyl halides is 3. The van der Waals surface area contributed by atoms with E-state index < -0.39 is 29.2 Å². The Morgan fingerprint density at radius 2 is 1.90 bits per heavy atom. The van der Waals surface area contributed by atoms with Crippen LogP contribution >= 0.6 is 0 Å². The number of rotatable bonds is 6. The molecule has 120 valence electrons. The van der Waals surface area contributed by atoms with Gasteiger partial charge in [0.1, 0.15) is 5.82 Å². The van der Waals surface area contributed by atoms with Gasteiger partial charge in [0.05, 0.1) is 11.2 Å². The van der Waals surface area contributed by atoms with Gasteiger partial charge in [0.25, 0.3) is 0 Å². The molecule has 0 heterocycles. The van der Waals surface area contributed by atoms with E-state index in [1.807, 2.05) is 13.8 Å². The van der Waals surface area contributed by atoms with Crippen molar-refractivity contribution in [2.45, 2.75) is 44.5 Å². The standard InChI is InChI=1S/C14H20F4N2O/c1-13(2,21-3)7-6-12(20-19)9-4-5-11(15)10(8-9)14(16,17)18/h4-5,8,12,20H,6-7,19H2,1-3H3. The van der Waals surface area contributed by atoms with Gasteiger partial charge in [0.2, 0.25) is 0 Å². The normalized spacial score (nSPS) is 14.3. The lowest BCUT2D eigenvalue weighted by Crippen LogP contribution is -2.31. The Kier molecular flexibility index (Phi) is 5.72. The van der Waals surface area contributed by atoms with E-state index in [1.54, 1.807) is 7.11 Å². The molecule has 1 aromatic rings. The Morgan fingerprint density at radius 1 is 1.29 bits per heavy atom. The lowest BCUT2D eigenvalue weighted by atomic mass is 9.94. The minimum absolute atomic E-state index is 0.290. The van der Waals surface area contributed by atoms with Crippen LogP contribution in [0.5, 0.6) is 0 Å². The molecule has 7 heteroatoms. The van der Waals surface area contributed by atoms with Crippen molar-refractivity contribution < 1.29 is 22.3 Å². The maximum absolute atomic E-state index is 13.3. The first kappa shape index (κ1) is 17.9. The van der Waals surface area contributed by atoms with Crippen molar-refractivity contribution in [3.63, 3.8) is 0 Å². The van der Waals surface area contributed by atoms with Crippen LogP contribution in [-0.4, -0.2) is 12.7 Å². The van der Waals surface area contributed by atoms with Gasteiger partial charge in [0, 0.05) is 13.2 Å². The van der Waals surface area contributed by atoms with E-state index in [0.717, 1.165) is 12.1 Å². The van der Waals surface area contributed by atoms with Gasteiger partial charge in [0.15, 0.2) is 0 Å². The quantitative estimate of drug-likeness (QED) is 0.480. The summed E-state index contributed by atoms with van der Waals surface area (Å²) in [5.74, 6) is 4.11. The highest BCUT2D eigenvalue weighted by Crippen LogP contribution is 2.34. The zero-order valence-corrected chi connectivity index (χ0v) is 12.2. The van der Waals surface area contributed by atoms with E-state index in [0.29, 0.717) is 12.8 Å². The van der Waals surface area contributed by atoms with Crippen LogP contribution in [0.3, 0.4) is 0 Å². The zero-order valence-electron chi connectivity index (χ0n) is 12.2. The first-order valence-corrected chi connectivity index (χ1v) is 6.48. The molecule has 0 saturated heterocycles. The van der Waals surface area contributed by atoms with E-state index in [-0.39, 0.29) is 5.56 Å². The van der Waals surface area contributed by atoms with Gasteiger partial charge in [-0.2, -0.15) is 13.2 Å². The summed E-state index contributed by atoms with van der Waals surface area (Å²) in [6, 6.07) is 2.39. The van der Waals surface area contributed by atoms with Crippen LogP contribution in [0.15, 0.2) is 18.2 Å².